The predicted molar refractivity (Wildman–Crippen MR) is 150 cm³/mol. The number of halogens is 1. The molecule has 0 bridgehead atoms. The molecule has 0 N–H and O–H groups in total. The van der Waals surface area contributed by atoms with Gasteiger partial charge in [-0.1, -0.05) is 41.5 Å². The minimum absolute atomic E-state index is 0.0240. The van der Waals surface area contributed by atoms with E-state index in [9.17, 15) is 14.0 Å². The van der Waals surface area contributed by atoms with Crippen molar-refractivity contribution >= 4 is 17.5 Å². The lowest BCUT2D eigenvalue weighted by atomic mass is 10.1. The largest absolute Gasteiger partial charge is 0.334 e. The zero-order valence-electron chi connectivity index (χ0n) is 23.9. The predicted octanol–water partition coefficient (Wildman–Crippen LogP) is 5.51. The first-order chi connectivity index (χ1) is 18.0. The summed E-state index contributed by atoms with van der Waals surface area (Å²) in [6.07, 6.45) is 5.20. The summed E-state index contributed by atoms with van der Waals surface area (Å²) >= 11 is 0. The number of anilines is 1. The Balaban J connectivity index is 2.00. The molecule has 1 aromatic heterocycles. The molecule has 1 aliphatic rings. The van der Waals surface area contributed by atoms with Crippen molar-refractivity contribution in [2.24, 2.45) is 11.8 Å². The third kappa shape index (κ3) is 8.32. The molecule has 2 amide bonds. The summed E-state index contributed by atoms with van der Waals surface area (Å²) < 4.78 is 14.5. The highest BCUT2D eigenvalue weighted by atomic mass is 19.1. The van der Waals surface area contributed by atoms with Gasteiger partial charge in [-0.15, -0.1) is 0 Å². The monoisotopic (exact) mass is 525 g/mol. The van der Waals surface area contributed by atoms with Gasteiger partial charge in [0.1, 0.15) is 11.6 Å². The van der Waals surface area contributed by atoms with Gasteiger partial charge in [-0.2, -0.15) is 0 Å². The molecule has 0 atom stereocenters. The van der Waals surface area contributed by atoms with Gasteiger partial charge in [0, 0.05) is 56.6 Å². The van der Waals surface area contributed by atoms with E-state index in [1.807, 2.05) is 27.7 Å². The lowest BCUT2D eigenvalue weighted by Crippen LogP contribution is -2.40. The first kappa shape index (κ1) is 29.7. The van der Waals surface area contributed by atoms with Crippen LogP contribution in [-0.2, 0) is 11.3 Å². The molecule has 2 heterocycles. The third-order valence-corrected chi connectivity index (χ3v) is 6.68. The van der Waals surface area contributed by atoms with Crippen molar-refractivity contribution < 1.29 is 14.0 Å². The van der Waals surface area contributed by atoms with Gasteiger partial charge >= 0.3 is 0 Å². The number of amides is 2. The molecule has 8 heteroatoms. The Morgan fingerprint density at radius 3 is 2.18 bits per heavy atom. The van der Waals surface area contributed by atoms with Crippen molar-refractivity contribution in [3.8, 4) is 0 Å². The molecule has 0 unspecified atom stereocenters. The number of hydrogen-bond acceptors (Lipinski definition) is 5. The molecule has 0 radical (unpaired) electrons. The zero-order chi connectivity index (χ0) is 27.8. The number of rotatable bonds is 6. The van der Waals surface area contributed by atoms with Crippen molar-refractivity contribution in [3.05, 3.63) is 53.4 Å². The molecular weight excluding hydrogens is 481 g/mol. The van der Waals surface area contributed by atoms with Crippen LogP contribution in [0.3, 0.4) is 0 Å². The van der Waals surface area contributed by atoms with Gasteiger partial charge in [0.25, 0.3) is 5.91 Å². The van der Waals surface area contributed by atoms with Gasteiger partial charge in [0.2, 0.25) is 5.91 Å². The second-order valence-electron chi connectivity index (χ2n) is 11.5. The number of aromatic nitrogens is 2. The molecule has 3 rings (SSSR count). The molecule has 0 spiro atoms. The van der Waals surface area contributed by atoms with Crippen molar-refractivity contribution in [1.82, 2.24) is 19.8 Å². The molecule has 0 saturated heterocycles. The van der Waals surface area contributed by atoms with Crippen LogP contribution in [0.5, 0.6) is 0 Å². The number of nitrogens with zero attached hydrogens (tertiary/aromatic N) is 5. The van der Waals surface area contributed by atoms with Crippen LogP contribution in [0.25, 0.3) is 0 Å². The van der Waals surface area contributed by atoms with Gasteiger partial charge in [-0.3, -0.25) is 9.59 Å². The van der Waals surface area contributed by atoms with E-state index < -0.39 is 0 Å². The molecule has 0 fully saturated rings. The van der Waals surface area contributed by atoms with Crippen LogP contribution in [0.4, 0.5) is 10.1 Å². The normalized spacial score (nSPS) is 15.9. The zero-order valence-corrected chi connectivity index (χ0v) is 23.9. The Morgan fingerprint density at radius 2 is 1.58 bits per heavy atom. The van der Waals surface area contributed by atoms with Gasteiger partial charge in [0.05, 0.1) is 5.56 Å². The van der Waals surface area contributed by atoms with Gasteiger partial charge < -0.3 is 14.7 Å². The van der Waals surface area contributed by atoms with Crippen LogP contribution in [0, 0.1) is 17.7 Å². The topological polar surface area (TPSA) is 69.6 Å². The second-order valence-corrected chi connectivity index (χ2v) is 11.5. The number of benzene rings is 1. The second kappa shape index (κ2) is 13.8. The van der Waals surface area contributed by atoms with Crippen molar-refractivity contribution in [3.63, 3.8) is 0 Å². The fourth-order valence-electron chi connectivity index (χ4n) is 4.92. The van der Waals surface area contributed by atoms with Gasteiger partial charge in [0.15, 0.2) is 0 Å². The lowest BCUT2D eigenvalue weighted by molar-refractivity contribution is -0.119. The summed E-state index contributed by atoms with van der Waals surface area (Å²) in [5.41, 5.74) is 1.72. The molecule has 1 aliphatic heterocycles. The van der Waals surface area contributed by atoms with Crippen molar-refractivity contribution in [2.75, 3.05) is 37.6 Å². The van der Waals surface area contributed by atoms with E-state index in [0.717, 1.165) is 32.5 Å². The average Bonchev–Trinajstić information content (AvgIpc) is 2.84. The minimum Gasteiger partial charge on any atom is -0.334 e. The van der Waals surface area contributed by atoms with Crippen LogP contribution in [-0.4, -0.2) is 64.3 Å². The Kier molecular flexibility index (Phi) is 10.8. The summed E-state index contributed by atoms with van der Waals surface area (Å²) in [6, 6.07) is 4.54. The highest BCUT2D eigenvalue weighted by Crippen LogP contribution is 2.27. The number of fused-ring (bicyclic) bond motifs is 1. The number of carbonyl (C=O) groups is 2. The van der Waals surface area contributed by atoms with E-state index in [2.05, 4.69) is 28.7 Å². The van der Waals surface area contributed by atoms with Gasteiger partial charge in [-0.25, -0.2) is 14.4 Å². The Bertz CT molecular complexity index is 1070. The Morgan fingerprint density at radius 1 is 0.921 bits per heavy atom. The maximum absolute atomic E-state index is 14.5. The third-order valence-electron chi connectivity index (χ3n) is 6.68. The molecule has 1 aromatic carbocycles. The molecule has 0 aliphatic carbocycles. The summed E-state index contributed by atoms with van der Waals surface area (Å²) in [7, 11) is 0. The first-order valence-electron chi connectivity index (χ1n) is 14.0. The quantitative estimate of drug-likeness (QED) is 0.497. The maximum atomic E-state index is 14.5. The van der Waals surface area contributed by atoms with Crippen molar-refractivity contribution in [1.29, 1.82) is 0 Å². The van der Waals surface area contributed by atoms with Crippen LogP contribution in [0.2, 0.25) is 0 Å². The van der Waals surface area contributed by atoms with E-state index >= 15 is 0 Å². The first-order valence-corrected chi connectivity index (χ1v) is 14.0. The van der Waals surface area contributed by atoms with E-state index in [1.54, 1.807) is 28.3 Å². The van der Waals surface area contributed by atoms with Crippen molar-refractivity contribution in [2.45, 2.75) is 73.3 Å². The minimum atomic E-state index is -0.382. The SMILES string of the molecule is CC(C)CC(=O)N1CCCN(CC(C)C)CCCN(C(=O)c2cnc(C(C)C)nc2)Cc2cc(F)ccc21. The van der Waals surface area contributed by atoms with Gasteiger partial charge in [-0.05, 0) is 61.5 Å². The van der Waals surface area contributed by atoms with Crippen LogP contribution < -0.4 is 4.90 Å². The average molecular weight is 526 g/mol. The summed E-state index contributed by atoms with van der Waals surface area (Å²) in [6.45, 7) is 16.4. The molecule has 0 saturated carbocycles. The summed E-state index contributed by atoms with van der Waals surface area (Å²) in [5.74, 6) is 1.02. The van der Waals surface area contributed by atoms with Crippen LogP contribution >= 0.6 is 0 Å². The standard InChI is InChI=1S/C30H44FN5O2/c1-21(2)15-28(37)36-14-8-12-34(19-22(3)4)11-7-13-35(20-24-16-26(31)9-10-27(24)36)30(38)25-17-32-29(23(5)6)33-18-25/h9-10,16-18,21-23H,7-8,11-15,19-20H2,1-6H3. The Labute approximate surface area is 227 Å². The molecule has 7 nitrogen and oxygen atoms in total. The smallest absolute Gasteiger partial charge is 0.257 e. The molecule has 208 valence electrons. The summed E-state index contributed by atoms with van der Waals surface area (Å²) in [5, 5.41) is 0. The highest BCUT2D eigenvalue weighted by molar-refractivity contribution is 5.95. The molecule has 2 aromatic rings. The van der Waals surface area contributed by atoms with E-state index in [1.165, 1.54) is 12.1 Å². The van der Waals surface area contributed by atoms with E-state index in [-0.39, 0.29) is 36.0 Å². The maximum Gasteiger partial charge on any atom is 0.257 e. The number of hydrogen-bond donors (Lipinski definition) is 0. The van der Waals surface area contributed by atoms with E-state index in [4.69, 9.17) is 0 Å². The van der Waals surface area contributed by atoms with Crippen LogP contribution in [0.15, 0.2) is 30.6 Å². The van der Waals surface area contributed by atoms with E-state index in [0.29, 0.717) is 48.1 Å². The van der Waals surface area contributed by atoms with Crippen LogP contribution in [0.1, 0.15) is 88.5 Å². The molecule has 38 heavy (non-hydrogen) atoms. The lowest BCUT2D eigenvalue weighted by Gasteiger charge is -2.32. The Hall–Kier alpha value is -2.87. The number of carbonyl (C=O) groups excluding carboxylic acids is 2. The highest BCUT2D eigenvalue weighted by Gasteiger charge is 2.25. The molecular formula is C30H44FN5O2. The fourth-order valence-corrected chi connectivity index (χ4v) is 4.92. The summed E-state index contributed by atoms with van der Waals surface area (Å²) in [4.78, 5) is 41.8. The fraction of sp³-hybridized carbons (Fsp3) is 0.600.